The highest BCUT2D eigenvalue weighted by atomic mass is 19.1. The van der Waals surface area contributed by atoms with Gasteiger partial charge in [0.15, 0.2) is 0 Å². The summed E-state index contributed by atoms with van der Waals surface area (Å²) < 4.78 is 14.0. The summed E-state index contributed by atoms with van der Waals surface area (Å²) in [4.78, 5) is 23.3. The van der Waals surface area contributed by atoms with Crippen molar-refractivity contribution in [2.75, 3.05) is 7.05 Å². The number of fused-ring (bicyclic) bond motifs is 1. The minimum absolute atomic E-state index is 0.239. The van der Waals surface area contributed by atoms with Gasteiger partial charge in [0.05, 0.1) is 22.5 Å². The predicted octanol–water partition coefficient (Wildman–Crippen LogP) is 4.22. The molecular weight excluding hydrogens is 329 g/mol. The maximum Gasteiger partial charge on any atom is 0.256 e. The maximum absolute atomic E-state index is 14.0. The van der Waals surface area contributed by atoms with Crippen LogP contribution in [0, 0.1) is 19.7 Å². The van der Waals surface area contributed by atoms with Crippen molar-refractivity contribution >= 4 is 16.9 Å². The third-order valence-corrected chi connectivity index (χ3v) is 4.57. The fourth-order valence-corrected chi connectivity index (χ4v) is 2.89. The number of hydrogen-bond donors (Lipinski definition) is 0. The molecule has 0 bridgehead atoms. The van der Waals surface area contributed by atoms with Crippen molar-refractivity contribution in [2.24, 2.45) is 0 Å². The van der Waals surface area contributed by atoms with Gasteiger partial charge in [-0.15, -0.1) is 0 Å². The number of rotatable bonds is 4. The van der Waals surface area contributed by atoms with Gasteiger partial charge in [0.1, 0.15) is 11.3 Å². The van der Waals surface area contributed by atoms with Crippen LogP contribution >= 0.6 is 0 Å². The fraction of sp³-hybridized carbons (Fsp3) is 0.286. The molecule has 1 heterocycles. The highest BCUT2D eigenvalue weighted by Gasteiger charge is 2.19. The van der Waals surface area contributed by atoms with Crippen molar-refractivity contribution in [1.82, 2.24) is 14.9 Å². The van der Waals surface area contributed by atoms with Crippen LogP contribution in [0.3, 0.4) is 0 Å². The van der Waals surface area contributed by atoms with E-state index in [9.17, 15) is 9.18 Å². The molecule has 1 amide bonds. The highest BCUT2D eigenvalue weighted by molar-refractivity contribution is 6.04. The van der Waals surface area contributed by atoms with E-state index in [0.29, 0.717) is 17.6 Å². The van der Waals surface area contributed by atoms with Crippen LogP contribution in [0.1, 0.15) is 39.8 Å². The van der Waals surface area contributed by atoms with E-state index in [4.69, 9.17) is 0 Å². The van der Waals surface area contributed by atoms with Crippen LogP contribution in [0.2, 0.25) is 0 Å². The molecule has 26 heavy (non-hydrogen) atoms. The fourth-order valence-electron chi connectivity index (χ4n) is 2.89. The van der Waals surface area contributed by atoms with Crippen LogP contribution in [-0.4, -0.2) is 27.8 Å². The number of amides is 1. The topological polar surface area (TPSA) is 46.1 Å². The molecule has 0 aliphatic rings. The summed E-state index contributed by atoms with van der Waals surface area (Å²) in [5, 5.41) is 0. The van der Waals surface area contributed by atoms with Crippen LogP contribution in [0.25, 0.3) is 11.0 Å². The molecule has 0 N–H and O–H groups in total. The summed E-state index contributed by atoms with van der Waals surface area (Å²) in [7, 11) is 1.71. The lowest BCUT2D eigenvalue weighted by Gasteiger charge is -2.18. The number of nitrogens with zero attached hydrogens (tertiary/aromatic N) is 3. The monoisotopic (exact) mass is 351 g/mol. The summed E-state index contributed by atoms with van der Waals surface area (Å²) in [6.45, 7) is 6.20. The first kappa shape index (κ1) is 18.0. The zero-order valence-corrected chi connectivity index (χ0v) is 15.5. The number of halogens is 1. The third kappa shape index (κ3) is 3.57. The van der Waals surface area contributed by atoms with Gasteiger partial charge in [-0.2, -0.15) is 0 Å². The third-order valence-electron chi connectivity index (χ3n) is 4.57. The van der Waals surface area contributed by atoms with Crippen LogP contribution in [0.15, 0.2) is 36.4 Å². The Balaban J connectivity index is 1.94. The molecule has 1 aromatic heterocycles. The van der Waals surface area contributed by atoms with E-state index in [-0.39, 0.29) is 11.5 Å². The lowest BCUT2D eigenvalue weighted by molar-refractivity contribution is 0.0786. The molecule has 0 aliphatic heterocycles. The van der Waals surface area contributed by atoms with Gasteiger partial charge < -0.3 is 4.90 Å². The molecule has 5 heteroatoms. The molecule has 0 atom stereocenters. The average Bonchev–Trinajstić information content (AvgIpc) is 2.62. The molecule has 0 aliphatic carbocycles. The molecule has 0 spiro atoms. The van der Waals surface area contributed by atoms with Gasteiger partial charge >= 0.3 is 0 Å². The minimum atomic E-state index is -0.487. The van der Waals surface area contributed by atoms with E-state index >= 15 is 0 Å². The number of hydrogen-bond acceptors (Lipinski definition) is 3. The second kappa shape index (κ2) is 7.20. The highest BCUT2D eigenvalue weighted by Crippen LogP contribution is 2.21. The molecule has 3 rings (SSSR count). The van der Waals surface area contributed by atoms with Crippen molar-refractivity contribution in [3.05, 3.63) is 70.3 Å². The Morgan fingerprint density at radius 2 is 1.65 bits per heavy atom. The molecule has 4 nitrogen and oxygen atoms in total. The second-order valence-electron chi connectivity index (χ2n) is 6.55. The van der Waals surface area contributed by atoms with E-state index in [0.717, 1.165) is 23.4 Å². The number of benzene rings is 2. The van der Waals surface area contributed by atoms with Gasteiger partial charge in [-0.05, 0) is 37.5 Å². The molecular formula is C21H22FN3O. The largest absolute Gasteiger partial charge is 0.337 e. The first-order chi connectivity index (χ1) is 12.4. The van der Waals surface area contributed by atoms with E-state index < -0.39 is 5.82 Å². The lowest BCUT2D eigenvalue weighted by Crippen LogP contribution is -2.26. The molecule has 0 fully saturated rings. The van der Waals surface area contributed by atoms with Gasteiger partial charge in [-0.25, -0.2) is 14.4 Å². The zero-order chi connectivity index (χ0) is 18.8. The smallest absolute Gasteiger partial charge is 0.256 e. The Hall–Kier alpha value is -2.82. The van der Waals surface area contributed by atoms with Crippen molar-refractivity contribution in [2.45, 2.75) is 33.7 Å². The van der Waals surface area contributed by atoms with Gasteiger partial charge in [-0.1, -0.05) is 31.2 Å². The van der Waals surface area contributed by atoms with Crippen LogP contribution in [0.4, 0.5) is 4.39 Å². The van der Waals surface area contributed by atoms with E-state index in [1.54, 1.807) is 11.9 Å². The second-order valence-corrected chi connectivity index (χ2v) is 6.55. The number of carbonyl (C=O) groups is 1. The molecule has 0 unspecified atom stereocenters. The van der Waals surface area contributed by atoms with Crippen LogP contribution in [-0.2, 0) is 13.0 Å². The quantitative estimate of drug-likeness (QED) is 0.707. The Kier molecular flexibility index (Phi) is 4.98. The Morgan fingerprint density at radius 1 is 1.04 bits per heavy atom. The molecule has 0 saturated carbocycles. The molecule has 0 saturated heterocycles. The zero-order valence-electron chi connectivity index (χ0n) is 15.5. The van der Waals surface area contributed by atoms with E-state index in [2.05, 4.69) is 29.0 Å². The Labute approximate surface area is 152 Å². The van der Waals surface area contributed by atoms with Crippen molar-refractivity contribution in [3.8, 4) is 0 Å². The van der Waals surface area contributed by atoms with Gasteiger partial charge in [0.25, 0.3) is 5.91 Å². The Morgan fingerprint density at radius 3 is 2.31 bits per heavy atom. The first-order valence-electron chi connectivity index (χ1n) is 8.66. The molecule has 0 radical (unpaired) electrons. The first-order valence-corrected chi connectivity index (χ1v) is 8.66. The summed E-state index contributed by atoms with van der Waals surface area (Å²) in [6.07, 6.45) is 0.974. The van der Waals surface area contributed by atoms with Crippen LogP contribution < -0.4 is 0 Å². The number of carbonyl (C=O) groups excluding carboxylic acids is 1. The molecule has 2 aromatic carbocycles. The minimum Gasteiger partial charge on any atom is -0.337 e. The summed E-state index contributed by atoms with van der Waals surface area (Å²) in [6, 6.07) is 10.7. The summed E-state index contributed by atoms with van der Waals surface area (Å²) >= 11 is 0. The Bertz CT molecular complexity index is 967. The molecule has 3 aromatic rings. The molecule has 134 valence electrons. The van der Waals surface area contributed by atoms with Crippen LogP contribution in [0.5, 0.6) is 0 Å². The lowest BCUT2D eigenvalue weighted by atomic mass is 10.1. The number of aromatic nitrogens is 2. The van der Waals surface area contributed by atoms with Crippen molar-refractivity contribution < 1.29 is 9.18 Å². The van der Waals surface area contributed by atoms with Gasteiger partial charge in [0.2, 0.25) is 0 Å². The van der Waals surface area contributed by atoms with Gasteiger partial charge in [0, 0.05) is 19.7 Å². The summed E-state index contributed by atoms with van der Waals surface area (Å²) in [5.41, 5.74) is 4.81. The standard InChI is InChI=1S/C21H22FN3O/c1-5-15-6-8-16(9-7-15)12-25(4)21(26)18-10-17(22)11-19-20(18)24-14(3)13(2)23-19/h6-11H,5,12H2,1-4H3. The van der Waals surface area contributed by atoms with Gasteiger partial charge in [-0.3, -0.25) is 4.79 Å². The predicted molar refractivity (Wildman–Crippen MR) is 101 cm³/mol. The van der Waals surface area contributed by atoms with Crippen molar-refractivity contribution in [3.63, 3.8) is 0 Å². The summed E-state index contributed by atoms with van der Waals surface area (Å²) in [5.74, 6) is -0.759. The maximum atomic E-state index is 14.0. The normalized spacial score (nSPS) is 11.0. The van der Waals surface area contributed by atoms with E-state index in [1.807, 2.05) is 26.0 Å². The number of aryl methyl sites for hydroxylation is 3. The van der Waals surface area contributed by atoms with E-state index in [1.165, 1.54) is 17.7 Å². The van der Waals surface area contributed by atoms with Crippen molar-refractivity contribution in [1.29, 1.82) is 0 Å². The average molecular weight is 351 g/mol. The SMILES string of the molecule is CCc1ccc(CN(C)C(=O)c2cc(F)cc3nc(C)c(C)nc23)cc1.